The molecule has 3 aromatic rings. The Morgan fingerprint density at radius 3 is 2.46 bits per heavy atom. The molecule has 6 N–H and O–H groups in total. The lowest BCUT2D eigenvalue weighted by Gasteiger charge is -2.11. The summed E-state index contributed by atoms with van der Waals surface area (Å²) in [4.78, 5) is 38.9. The number of carbonyl (C=O) groups is 2. The number of urea groups is 1. The smallest absolute Gasteiger partial charge is 0.332 e. The van der Waals surface area contributed by atoms with Crippen molar-refractivity contribution in [3.05, 3.63) is 70.0 Å². The average molecular weight is 379 g/mol. The molecule has 0 saturated carbocycles. The van der Waals surface area contributed by atoms with Crippen LogP contribution in [0.25, 0.3) is 10.9 Å². The maximum Gasteiger partial charge on any atom is 0.332 e. The van der Waals surface area contributed by atoms with Gasteiger partial charge in [-0.05, 0) is 31.2 Å². The number of benzene rings is 2. The van der Waals surface area contributed by atoms with Crippen molar-refractivity contribution in [2.24, 2.45) is 10.8 Å². The third-order valence-corrected chi connectivity index (χ3v) is 3.93. The summed E-state index contributed by atoms with van der Waals surface area (Å²) >= 11 is 0. The molecule has 2 aromatic carbocycles. The van der Waals surface area contributed by atoms with Crippen LogP contribution in [0.1, 0.15) is 11.1 Å². The molecule has 9 nitrogen and oxygen atoms in total. The number of carbonyl (C=O) groups excluding carboxylic acids is 2. The van der Waals surface area contributed by atoms with Crippen molar-refractivity contribution in [3.63, 3.8) is 0 Å². The van der Waals surface area contributed by atoms with Gasteiger partial charge in [0, 0.05) is 11.1 Å². The molecule has 0 radical (unpaired) electrons. The number of H-pyrrole nitrogens is 1. The second kappa shape index (κ2) is 7.62. The van der Waals surface area contributed by atoms with Crippen molar-refractivity contribution in [2.45, 2.75) is 6.92 Å². The lowest BCUT2D eigenvalue weighted by atomic mass is 10.1. The Labute approximate surface area is 158 Å². The minimum absolute atomic E-state index is 0.312. The number of hydrogen-bond acceptors (Lipinski definition) is 5. The Bertz CT molecular complexity index is 1150. The first-order valence-corrected chi connectivity index (χ1v) is 8.22. The van der Waals surface area contributed by atoms with Gasteiger partial charge in [0.15, 0.2) is 5.71 Å². The number of rotatable bonds is 4. The van der Waals surface area contributed by atoms with Crippen LogP contribution in [0.4, 0.5) is 10.5 Å². The standard InChI is InChI=1S/C19H17N5O4/c1-10-6-8-11(9-7-10)21-18(27)15(23-24-19(20)28)14-16(25)12-4-2-3-5-13(12)22-17(14)26/h2-9H,1H3,(H,21,27)(H3,20,24,28)(H2,22,25,26)/b23-15+. The minimum atomic E-state index is -1.03. The quantitative estimate of drug-likeness (QED) is 0.345. The summed E-state index contributed by atoms with van der Waals surface area (Å²) in [5.41, 5.74) is 7.12. The maximum atomic E-state index is 12.8. The van der Waals surface area contributed by atoms with Gasteiger partial charge >= 0.3 is 6.03 Å². The number of aromatic nitrogens is 1. The number of pyridine rings is 1. The number of nitrogens with zero attached hydrogens (tertiary/aromatic N) is 1. The zero-order chi connectivity index (χ0) is 20.3. The van der Waals surface area contributed by atoms with Gasteiger partial charge < -0.3 is 21.1 Å². The molecule has 0 saturated heterocycles. The molecule has 142 valence electrons. The van der Waals surface area contributed by atoms with E-state index in [4.69, 9.17) is 5.73 Å². The number of hydrogen-bond donors (Lipinski definition) is 5. The van der Waals surface area contributed by atoms with Crippen molar-refractivity contribution in [1.82, 2.24) is 10.4 Å². The highest BCUT2D eigenvalue weighted by Crippen LogP contribution is 2.25. The van der Waals surface area contributed by atoms with Crippen molar-refractivity contribution >= 4 is 34.2 Å². The molecule has 28 heavy (non-hydrogen) atoms. The molecule has 0 bridgehead atoms. The molecule has 1 heterocycles. The predicted octanol–water partition coefficient (Wildman–Crippen LogP) is 1.55. The number of aryl methyl sites for hydroxylation is 1. The van der Waals surface area contributed by atoms with E-state index in [1.165, 1.54) is 0 Å². The van der Waals surface area contributed by atoms with Gasteiger partial charge in [-0.3, -0.25) is 9.59 Å². The van der Waals surface area contributed by atoms with Crippen LogP contribution in [0.2, 0.25) is 0 Å². The SMILES string of the molecule is Cc1ccc(NC(=O)/C(=N/NC(N)=O)c2c(O)c3ccccc3[nH]c2=O)cc1. The van der Waals surface area contributed by atoms with Crippen LogP contribution in [0.5, 0.6) is 5.75 Å². The largest absolute Gasteiger partial charge is 0.506 e. The van der Waals surface area contributed by atoms with Gasteiger partial charge in [-0.25, -0.2) is 10.2 Å². The van der Waals surface area contributed by atoms with E-state index in [0.717, 1.165) is 5.56 Å². The first-order chi connectivity index (χ1) is 13.4. The minimum Gasteiger partial charge on any atom is -0.506 e. The van der Waals surface area contributed by atoms with Crippen LogP contribution in [0.15, 0.2) is 58.4 Å². The van der Waals surface area contributed by atoms with Crippen LogP contribution in [0, 0.1) is 6.92 Å². The highest BCUT2D eigenvalue weighted by Gasteiger charge is 2.24. The molecule has 0 unspecified atom stereocenters. The Balaban J connectivity index is 2.10. The third-order valence-electron chi connectivity index (χ3n) is 3.93. The first-order valence-electron chi connectivity index (χ1n) is 8.22. The number of fused-ring (bicyclic) bond motifs is 1. The van der Waals surface area contributed by atoms with E-state index in [9.17, 15) is 19.5 Å². The lowest BCUT2D eigenvalue weighted by Crippen LogP contribution is -2.34. The van der Waals surface area contributed by atoms with Gasteiger partial charge in [-0.2, -0.15) is 5.10 Å². The fourth-order valence-corrected chi connectivity index (χ4v) is 2.60. The van der Waals surface area contributed by atoms with Gasteiger partial charge in [-0.15, -0.1) is 0 Å². The molecule has 0 spiro atoms. The lowest BCUT2D eigenvalue weighted by molar-refractivity contribution is -0.110. The molecular formula is C19H17N5O4. The number of hydrazone groups is 1. The fraction of sp³-hybridized carbons (Fsp3) is 0.0526. The molecule has 0 aliphatic heterocycles. The normalized spacial score (nSPS) is 11.2. The monoisotopic (exact) mass is 379 g/mol. The van der Waals surface area contributed by atoms with Gasteiger partial charge in [0.25, 0.3) is 11.5 Å². The summed E-state index contributed by atoms with van der Waals surface area (Å²) < 4.78 is 0. The Morgan fingerprint density at radius 1 is 1.11 bits per heavy atom. The van der Waals surface area contributed by atoms with Gasteiger partial charge in [-0.1, -0.05) is 29.8 Å². The van der Waals surface area contributed by atoms with Crippen molar-refractivity contribution in [2.75, 3.05) is 5.32 Å². The highest BCUT2D eigenvalue weighted by atomic mass is 16.3. The number of aromatic hydroxyl groups is 1. The van der Waals surface area contributed by atoms with Crippen LogP contribution in [0.3, 0.4) is 0 Å². The van der Waals surface area contributed by atoms with Crippen molar-refractivity contribution in [1.29, 1.82) is 0 Å². The third kappa shape index (κ3) is 3.83. The number of para-hydroxylation sites is 1. The average Bonchev–Trinajstić information content (AvgIpc) is 2.65. The topological polar surface area (TPSA) is 150 Å². The molecule has 1 aromatic heterocycles. The molecule has 9 heteroatoms. The summed E-state index contributed by atoms with van der Waals surface area (Å²) in [6.45, 7) is 1.89. The maximum absolute atomic E-state index is 12.8. The Hall–Kier alpha value is -4.14. The van der Waals surface area contributed by atoms with E-state index < -0.39 is 34.5 Å². The van der Waals surface area contributed by atoms with E-state index in [0.29, 0.717) is 16.6 Å². The number of primary amides is 1. The summed E-state index contributed by atoms with van der Waals surface area (Å²) in [6.07, 6.45) is 0. The van der Waals surface area contributed by atoms with Gasteiger partial charge in [0.05, 0.1) is 5.52 Å². The summed E-state index contributed by atoms with van der Waals surface area (Å²) in [5.74, 6) is -1.25. The number of anilines is 1. The zero-order valence-corrected chi connectivity index (χ0v) is 14.8. The molecule has 0 aliphatic rings. The molecule has 0 aliphatic carbocycles. The van der Waals surface area contributed by atoms with E-state index in [2.05, 4.69) is 15.4 Å². The highest BCUT2D eigenvalue weighted by molar-refractivity contribution is 6.49. The molecule has 3 rings (SSSR count). The van der Waals surface area contributed by atoms with E-state index in [1.54, 1.807) is 48.5 Å². The summed E-state index contributed by atoms with van der Waals surface area (Å²) in [5, 5.41) is 17.1. The second-order valence-corrected chi connectivity index (χ2v) is 5.98. The number of nitrogens with one attached hydrogen (secondary N) is 3. The first kappa shape index (κ1) is 18.6. The number of amides is 3. The van der Waals surface area contributed by atoms with E-state index in [-0.39, 0.29) is 0 Å². The fourth-order valence-electron chi connectivity index (χ4n) is 2.60. The van der Waals surface area contributed by atoms with Crippen molar-refractivity contribution in [3.8, 4) is 5.75 Å². The second-order valence-electron chi connectivity index (χ2n) is 5.98. The van der Waals surface area contributed by atoms with Crippen LogP contribution < -0.4 is 22.0 Å². The Morgan fingerprint density at radius 2 is 1.79 bits per heavy atom. The number of nitrogens with two attached hydrogens (primary N) is 1. The molecule has 0 fully saturated rings. The Kier molecular flexibility index (Phi) is 5.07. The van der Waals surface area contributed by atoms with E-state index >= 15 is 0 Å². The van der Waals surface area contributed by atoms with Crippen LogP contribution >= 0.6 is 0 Å². The predicted molar refractivity (Wildman–Crippen MR) is 105 cm³/mol. The summed E-state index contributed by atoms with van der Waals surface area (Å²) in [6, 6.07) is 12.4. The zero-order valence-electron chi connectivity index (χ0n) is 14.8. The van der Waals surface area contributed by atoms with Crippen LogP contribution in [-0.4, -0.2) is 27.7 Å². The van der Waals surface area contributed by atoms with Gasteiger partial charge in [0.1, 0.15) is 11.3 Å². The molecule has 3 amide bonds. The van der Waals surface area contributed by atoms with Gasteiger partial charge in [0.2, 0.25) is 0 Å². The molecule has 0 atom stereocenters. The van der Waals surface area contributed by atoms with Crippen molar-refractivity contribution < 1.29 is 14.7 Å². The number of aromatic amines is 1. The summed E-state index contributed by atoms with van der Waals surface area (Å²) in [7, 11) is 0. The molecular weight excluding hydrogens is 362 g/mol. The van der Waals surface area contributed by atoms with E-state index in [1.807, 2.05) is 12.3 Å². The van der Waals surface area contributed by atoms with Crippen LogP contribution in [-0.2, 0) is 4.79 Å².